The van der Waals surface area contributed by atoms with Crippen LogP contribution < -0.4 is 0 Å². The molecule has 4 aromatic rings. The zero-order valence-electron chi connectivity index (χ0n) is 27.4. The van der Waals surface area contributed by atoms with Crippen LogP contribution in [0.4, 0.5) is 22.4 Å². The first-order valence-electron chi connectivity index (χ1n) is 15.0. The number of alkyl halides is 3. The highest BCUT2D eigenvalue weighted by molar-refractivity contribution is 7.15. The predicted octanol–water partition coefficient (Wildman–Crippen LogP) is 10.4. The van der Waals surface area contributed by atoms with Crippen molar-refractivity contribution < 1.29 is 31.9 Å². The summed E-state index contributed by atoms with van der Waals surface area (Å²) in [5.41, 5.74) is -0.284. The predicted molar refractivity (Wildman–Crippen MR) is 177 cm³/mol. The molecule has 0 saturated heterocycles. The maximum absolute atomic E-state index is 13.8. The third-order valence-electron chi connectivity index (χ3n) is 8.58. The van der Waals surface area contributed by atoms with Crippen molar-refractivity contribution in [3.8, 4) is 10.4 Å². The zero-order chi connectivity index (χ0) is 34.2. The number of pyridine rings is 1. The van der Waals surface area contributed by atoms with Gasteiger partial charge in [-0.15, -0.1) is 11.3 Å². The monoisotopic (exact) mass is 675 g/mol. The number of rotatable bonds is 9. The molecule has 0 aliphatic carbocycles. The van der Waals surface area contributed by atoms with E-state index >= 15 is 0 Å². The van der Waals surface area contributed by atoms with Crippen molar-refractivity contribution in [3.63, 3.8) is 0 Å². The van der Waals surface area contributed by atoms with E-state index in [2.05, 4.69) is 30.7 Å². The summed E-state index contributed by atoms with van der Waals surface area (Å²) in [5.74, 6) is -0.565. The van der Waals surface area contributed by atoms with Gasteiger partial charge in [0.15, 0.2) is 8.32 Å². The number of aryl methyl sites for hydroxylation is 1. The molecule has 2 atom stereocenters. The van der Waals surface area contributed by atoms with Crippen LogP contribution >= 0.6 is 11.3 Å². The first-order valence-corrected chi connectivity index (χ1v) is 18.8. The van der Waals surface area contributed by atoms with Crippen LogP contribution in [-0.2, 0) is 17.0 Å². The second kappa shape index (κ2) is 13.0. The standard InChI is InChI=1S/C34H41F4N3O3SSi/c1-32(2,3)41(31(42)43)26(30(44-46(7,8)33(4,5)6)21-11-13-25(14-12-21)34(36,37)38)15-16-29-40-20-27(45-29)22-9-10-23-19-39-28(35)18-24(23)17-22/h9-14,17-20,26,30H,15-16H2,1-8H3,(H,42,43)/t26-,30+/m1/s1. The molecule has 12 heteroatoms. The Morgan fingerprint density at radius 2 is 1.61 bits per heavy atom. The molecule has 4 rings (SSSR count). The Hall–Kier alpha value is -3.35. The minimum absolute atomic E-state index is 0.249. The molecule has 2 aromatic carbocycles. The number of hydrogen-bond acceptors (Lipinski definition) is 5. The molecule has 1 N–H and O–H groups in total. The summed E-state index contributed by atoms with van der Waals surface area (Å²) in [4.78, 5) is 23.5. The molecular weight excluding hydrogens is 635 g/mol. The largest absolute Gasteiger partial charge is 0.465 e. The van der Waals surface area contributed by atoms with Gasteiger partial charge >= 0.3 is 12.3 Å². The Labute approximate surface area is 272 Å². The fourth-order valence-corrected chi connectivity index (χ4v) is 7.38. The van der Waals surface area contributed by atoms with Crippen molar-refractivity contribution in [2.75, 3.05) is 0 Å². The fraction of sp³-hybridized carbons (Fsp3) is 0.441. The third kappa shape index (κ3) is 8.13. The van der Waals surface area contributed by atoms with Crippen LogP contribution in [0.15, 0.2) is 60.9 Å². The molecule has 46 heavy (non-hydrogen) atoms. The van der Waals surface area contributed by atoms with Gasteiger partial charge in [-0.1, -0.05) is 45.0 Å². The van der Waals surface area contributed by atoms with Crippen LogP contribution in [0.5, 0.6) is 0 Å². The number of carboxylic acid groups (broad SMARTS) is 1. The summed E-state index contributed by atoms with van der Waals surface area (Å²) in [7, 11) is -2.56. The average Bonchev–Trinajstić information content (AvgIpc) is 3.41. The van der Waals surface area contributed by atoms with E-state index in [1.165, 1.54) is 40.6 Å². The molecule has 0 aliphatic rings. The number of nitrogens with zero attached hydrogens (tertiary/aromatic N) is 3. The Morgan fingerprint density at radius 1 is 0.957 bits per heavy atom. The molecule has 0 fully saturated rings. The summed E-state index contributed by atoms with van der Waals surface area (Å²) in [6.45, 7) is 15.7. The van der Waals surface area contributed by atoms with E-state index in [1.807, 2.05) is 31.3 Å². The van der Waals surface area contributed by atoms with Gasteiger partial charge in [-0.2, -0.15) is 17.6 Å². The van der Waals surface area contributed by atoms with Crippen molar-refractivity contribution in [2.45, 2.75) is 96.4 Å². The first-order chi connectivity index (χ1) is 21.2. The van der Waals surface area contributed by atoms with Crippen LogP contribution in [0.3, 0.4) is 0 Å². The molecule has 2 aromatic heterocycles. The van der Waals surface area contributed by atoms with Gasteiger partial charge in [0.1, 0.15) is 0 Å². The summed E-state index contributed by atoms with van der Waals surface area (Å²) in [5, 5.41) is 12.6. The summed E-state index contributed by atoms with van der Waals surface area (Å²) in [6.07, 6.45) is -2.55. The van der Waals surface area contributed by atoms with Crippen molar-refractivity contribution in [1.29, 1.82) is 0 Å². The molecule has 248 valence electrons. The van der Waals surface area contributed by atoms with Crippen molar-refractivity contribution >= 4 is 36.5 Å². The second-order valence-corrected chi connectivity index (χ2v) is 19.9. The molecule has 2 heterocycles. The van der Waals surface area contributed by atoms with E-state index in [1.54, 1.807) is 27.0 Å². The van der Waals surface area contributed by atoms with Crippen molar-refractivity contribution in [1.82, 2.24) is 14.9 Å². The van der Waals surface area contributed by atoms with Gasteiger partial charge in [0, 0.05) is 35.8 Å². The van der Waals surface area contributed by atoms with Crippen LogP contribution in [0.2, 0.25) is 18.1 Å². The summed E-state index contributed by atoms with van der Waals surface area (Å²) >= 11 is 1.45. The Kier molecular flexibility index (Phi) is 10.1. The Morgan fingerprint density at radius 3 is 2.17 bits per heavy atom. The molecule has 0 bridgehead atoms. The van der Waals surface area contributed by atoms with Crippen molar-refractivity contribution in [3.05, 3.63) is 83.0 Å². The number of fused-ring (bicyclic) bond motifs is 1. The number of aromatic nitrogens is 2. The molecular formula is C34H41F4N3O3SSi. The van der Waals surface area contributed by atoms with E-state index in [-0.39, 0.29) is 5.04 Å². The van der Waals surface area contributed by atoms with Crippen LogP contribution in [0.25, 0.3) is 21.2 Å². The number of hydrogen-bond donors (Lipinski definition) is 1. The third-order valence-corrected chi connectivity index (χ3v) is 14.1. The quantitative estimate of drug-likeness (QED) is 0.109. The highest BCUT2D eigenvalue weighted by atomic mass is 32.1. The molecule has 0 saturated carbocycles. The summed E-state index contributed by atoms with van der Waals surface area (Å²) < 4.78 is 61.1. The highest BCUT2D eigenvalue weighted by Crippen LogP contribution is 2.43. The molecule has 0 unspecified atom stereocenters. The van der Waals surface area contributed by atoms with E-state index in [0.29, 0.717) is 23.8 Å². The van der Waals surface area contributed by atoms with Gasteiger partial charge in [-0.05, 0) is 80.0 Å². The SMILES string of the molecule is CC(C)(C)N(C(=O)O)[C@H](CCc1ncc(-c2ccc3cnc(F)cc3c2)s1)[C@@H](O[Si](C)(C)C(C)(C)C)c1ccc(C(F)(F)F)cc1. The lowest BCUT2D eigenvalue weighted by molar-refractivity contribution is -0.137. The van der Waals surface area contributed by atoms with Crippen LogP contribution in [0, 0.1) is 5.95 Å². The number of thiazole rings is 1. The second-order valence-electron chi connectivity index (χ2n) is 14.0. The molecule has 0 aliphatic heterocycles. The van der Waals surface area contributed by atoms with Gasteiger partial charge in [0.2, 0.25) is 5.95 Å². The first kappa shape index (κ1) is 35.5. The maximum atomic E-state index is 13.8. The Balaban J connectivity index is 1.74. The smallest absolute Gasteiger partial charge is 0.416 e. The number of halogens is 4. The molecule has 1 amide bonds. The number of amides is 1. The van der Waals surface area contributed by atoms with Gasteiger partial charge in [0.05, 0.1) is 27.6 Å². The minimum atomic E-state index is -4.51. The molecule has 6 nitrogen and oxygen atoms in total. The number of carbonyl (C=O) groups is 1. The number of benzene rings is 2. The van der Waals surface area contributed by atoms with Crippen LogP contribution in [-0.4, -0.2) is 46.0 Å². The topological polar surface area (TPSA) is 75.6 Å². The fourth-order valence-electron chi connectivity index (χ4n) is 5.16. The minimum Gasteiger partial charge on any atom is -0.465 e. The van der Waals surface area contributed by atoms with Gasteiger partial charge in [-0.3, -0.25) is 4.90 Å². The van der Waals surface area contributed by atoms with E-state index in [0.717, 1.165) is 33.0 Å². The van der Waals surface area contributed by atoms with Crippen LogP contribution in [0.1, 0.15) is 70.2 Å². The van der Waals surface area contributed by atoms with Gasteiger partial charge < -0.3 is 9.53 Å². The van der Waals surface area contributed by atoms with Gasteiger partial charge in [-0.25, -0.2) is 14.8 Å². The lowest BCUT2D eigenvalue weighted by Gasteiger charge is -2.47. The lowest BCUT2D eigenvalue weighted by atomic mass is 9.92. The van der Waals surface area contributed by atoms with E-state index in [4.69, 9.17) is 4.43 Å². The zero-order valence-corrected chi connectivity index (χ0v) is 29.2. The lowest BCUT2D eigenvalue weighted by Crippen LogP contribution is -2.55. The highest BCUT2D eigenvalue weighted by Gasteiger charge is 2.45. The van der Waals surface area contributed by atoms with Crippen molar-refractivity contribution in [2.24, 2.45) is 0 Å². The summed E-state index contributed by atoms with van der Waals surface area (Å²) in [6, 6.07) is 11.1. The Bertz CT molecular complexity index is 1680. The average molecular weight is 676 g/mol. The van der Waals surface area contributed by atoms with E-state index in [9.17, 15) is 27.5 Å². The molecule has 0 spiro atoms. The molecule has 0 radical (unpaired) electrons. The normalized spacial score (nSPS) is 14.3. The maximum Gasteiger partial charge on any atom is 0.416 e. The van der Waals surface area contributed by atoms with E-state index < -0.39 is 49.8 Å². The van der Waals surface area contributed by atoms with Gasteiger partial charge in [0.25, 0.3) is 0 Å².